The van der Waals surface area contributed by atoms with Gasteiger partial charge in [-0.15, -0.1) is 0 Å². The zero-order chi connectivity index (χ0) is 10.8. The van der Waals surface area contributed by atoms with Crippen molar-refractivity contribution in [3.8, 4) is 0 Å². The normalized spacial score (nSPS) is 14.1. The van der Waals surface area contributed by atoms with Crippen molar-refractivity contribution in [2.24, 2.45) is 0 Å². The van der Waals surface area contributed by atoms with Crippen LogP contribution >= 0.6 is 15.9 Å². The quantitative estimate of drug-likeness (QED) is 0.884. The van der Waals surface area contributed by atoms with Crippen LogP contribution in [0, 0.1) is 0 Å². The summed E-state index contributed by atoms with van der Waals surface area (Å²) in [5, 5.41) is 2.56. The standard InChI is InChI=1S/C10H12BrF2N/c1-7(14-2)10(12,13)8-4-3-5-9(11)6-8/h3-7,14H,1-2H3. The highest BCUT2D eigenvalue weighted by Gasteiger charge is 2.37. The van der Waals surface area contributed by atoms with Crippen molar-refractivity contribution >= 4 is 15.9 Å². The predicted molar refractivity (Wildman–Crippen MR) is 56.6 cm³/mol. The number of rotatable bonds is 3. The molecule has 0 aliphatic carbocycles. The lowest BCUT2D eigenvalue weighted by Crippen LogP contribution is -2.38. The zero-order valence-corrected chi connectivity index (χ0v) is 9.61. The van der Waals surface area contributed by atoms with Gasteiger partial charge in [0.05, 0.1) is 6.04 Å². The fraction of sp³-hybridized carbons (Fsp3) is 0.400. The van der Waals surface area contributed by atoms with E-state index in [0.717, 1.165) is 0 Å². The van der Waals surface area contributed by atoms with Crippen LogP contribution in [0.3, 0.4) is 0 Å². The molecule has 1 aromatic rings. The molecule has 0 radical (unpaired) electrons. The Labute approximate surface area is 90.6 Å². The summed E-state index contributed by atoms with van der Waals surface area (Å²) in [7, 11) is 1.52. The van der Waals surface area contributed by atoms with Crippen LogP contribution in [0.25, 0.3) is 0 Å². The van der Waals surface area contributed by atoms with Gasteiger partial charge in [0.25, 0.3) is 5.92 Å². The number of nitrogens with one attached hydrogen (secondary N) is 1. The summed E-state index contributed by atoms with van der Waals surface area (Å²) < 4.78 is 28.0. The van der Waals surface area contributed by atoms with E-state index in [-0.39, 0.29) is 5.56 Å². The van der Waals surface area contributed by atoms with E-state index in [0.29, 0.717) is 4.47 Å². The summed E-state index contributed by atoms with van der Waals surface area (Å²) in [6.45, 7) is 1.46. The molecule has 1 nitrogen and oxygen atoms in total. The third-order valence-electron chi connectivity index (χ3n) is 2.19. The first-order chi connectivity index (χ1) is 6.48. The number of halogens is 3. The Morgan fingerprint density at radius 2 is 2.07 bits per heavy atom. The number of likely N-dealkylation sites (N-methyl/N-ethyl adjacent to an activating group) is 1. The molecule has 78 valence electrons. The topological polar surface area (TPSA) is 12.0 Å². The lowest BCUT2D eigenvalue weighted by molar-refractivity contribution is -0.0354. The van der Waals surface area contributed by atoms with E-state index in [1.54, 1.807) is 12.1 Å². The molecule has 0 amide bonds. The first kappa shape index (κ1) is 11.6. The van der Waals surface area contributed by atoms with Gasteiger partial charge >= 0.3 is 0 Å². The van der Waals surface area contributed by atoms with Gasteiger partial charge in [0, 0.05) is 10.0 Å². The minimum atomic E-state index is -2.85. The average molecular weight is 264 g/mol. The van der Waals surface area contributed by atoms with Crippen LogP contribution in [0.15, 0.2) is 28.7 Å². The van der Waals surface area contributed by atoms with Gasteiger partial charge in [0.1, 0.15) is 0 Å². The van der Waals surface area contributed by atoms with E-state index < -0.39 is 12.0 Å². The van der Waals surface area contributed by atoms with E-state index >= 15 is 0 Å². The molecule has 1 unspecified atom stereocenters. The number of hydrogen-bond acceptors (Lipinski definition) is 1. The Balaban J connectivity index is 3.03. The highest BCUT2D eigenvalue weighted by atomic mass is 79.9. The van der Waals surface area contributed by atoms with Gasteiger partial charge in [-0.1, -0.05) is 28.1 Å². The molecule has 1 rings (SSSR count). The van der Waals surface area contributed by atoms with Gasteiger partial charge in [-0.05, 0) is 26.1 Å². The fourth-order valence-corrected chi connectivity index (χ4v) is 1.53. The SMILES string of the molecule is CNC(C)C(F)(F)c1cccc(Br)c1. The van der Waals surface area contributed by atoms with E-state index in [9.17, 15) is 8.78 Å². The maximum absolute atomic E-state index is 13.6. The molecule has 0 aromatic heterocycles. The molecule has 0 saturated carbocycles. The number of hydrogen-bond donors (Lipinski definition) is 1. The zero-order valence-electron chi connectivity index (χ0n) is 8.02. The minimum Gasteiger partial charge on any atom is -0.312 e. The van der Waals surface area contributed by atoms with Crippen LogP contribution in [0.2, 0.25) is 0 Å². The summed E-state index contributed by atoms with van der Waals surface area (Å²) in [5.74, 6) is -2.85. The van der Waals surface area contributed by atoms with Crippen LogP contribution in [-0.4, -0.2) is 13.1 Å². The Kier molecular flexibility index (Phi) is 3.61. The lowest BCUT2D eigenvalue weighted by atomic mass is 10.0. The largest absolute Gasteiger partial charge is 0.312 e. The van der Waals surface area contributed by atoms with Gasteiger partial charge in [-0.2, -0.15) is 8.78 Å². The average Bonchev–Trinajstić information content (AvgIpc) is 2.16. The van der Waals surface area contributed by atoms with Crippen molar-refractivity contribution in [3.05, 3.63) is 34.3 Å². The van der Waals surface area contributed by atoms with Crippen molar-refractivity contribution < 1.29 is 8.78 Å². The van der Waals surface area contributed by atoms with Crippen molar-refractivity contribution in [2.75, 3.05) is 7.05 Å². The maximum atomic E-state index is 13.6. The summed E-state index contributed by atoms with van der Waals surface area (Å²) in [5.41, 5.74) is 0.0220. The molecule has 14 heavy (non-hydrogen) atoms. The Morgan fingerprint density at radius 1 is 1.43 bits per heavy atom. The summed E-state index contributed by atoms with van der Waals surface area (Å²) in [4.78, 5) is 0. The minimum absolute atomic E-state index is 0.0220. The highest BCUT2D eigenvalue weighted by Crippen LogP contribution is 2.32. The molecule has 1 N–H and O–H groups in total. The monoisotopic (exact) mass is 263 g/mol. The molecule has 1 atom stereocenters. The number of benzene rings is 1. The van der Waals surface area contributed by atoms with Crippen molar-refractivity contribution in [3.63, 3.8) is 0 Å². The molecule has 0 heterocycles. The second-order valence-electron chi connectivity index (χ2n) is 3.14. The van der Waals surface area contributed by atoms with Crippen LogP contribution in [0.1, 0.15) is 12.5 Å². The van der Waals surface area contributed by atoms with Crippen molar-refractivity contribution in [1.82, 2.24) is 5.32 Å². The molecule has 0 bridgehead atoms. The van der Waals surface area contributed by atoms with Gasteiger partial charge in [0.2, 0.25) is 0 Å². The second kappa shape index (κ2) is 4.36. The molecule has 0 aliphatic rings. The third kappa shape index (κ3) is 2.30. The Hall–Kier alpha value is -0.480. The van der Waals surface area contributed by atoms with Crippen molar-refractivity contribution in [2.45, 2.75) is 18.9 Å². The third-order valence-corrected chi connectivity index (χ3v) is 2.68. The Morgan fingerprint density at radius 3 is 2.57 bits per heavy atom. The summed E-state index contributed by atoms with van der Waals surface area (Å²) >= 11 is 3.17. The van der Waals surface area contributed by atoms with Crippen LogP contribution < -0.4 is 5.32 Å². The van der Waals surface area contributed by atoms with Gasteiger partial charge in [0.15, 0.2) is 0 Å². The fourth-order valence-electron chi connectivity index (χ4n) is 1.13. The van der Waals surface area contributed by atoms with Crippen molar-refractivity contribution in [1.29, 1.82) is 0 Å². The van der Waals surface area contributed by atoms with E-state index in [1.165, 1.54) is 26.1 Å². The van der Waals surface area contributed by atoms with E-state index in [2.05, 4.69) is 21.2 Å². The van der Waals surface area contributed by atoms with Crippen LogP contribution in [0.4, 0.5) is 8.78 Å². The summed E-state index contributed by atoms with van der Waals surface area (Å²) in [6, 6.07) is 5.32. The first-order valence-corrected chi connectivity index (χ1v) is 5.09. The molecule has 0 fully saturated rings. The van der Waals surface area contributed by atoms with Crippen LogP contribution in [0.5, 0.6) is 0 Å². The Bertz CT molecular complexity index is 315. The molecule has 1 aromatic carbocycles. The number of alkyl halides is 2. The molecular weight excluding hydrogens is 252 g/mol. The van der Waals surface area contributed by atoms with Gasteiger partial charge in [-0.3, -0.25) is 0 Å². The first-order valence-electron chi connectivity index (χ1n) is 4.29. The molecule has 0 aliphatic heterocycles. The predicted octanol–water partition coefficient (Wildman–Crippen LogP) is 3.15. The van der Waals surface area contributed by atoms with E-state index in [1.807, 2.05) is 0 Å². The maximum Gasteiger partial charge on any atom is 0.287 e. The second-order valence-corrected chi connectivity index (χ2v) is 4.06. The van der Waals surface area contributed by atoms with E-state index in [4.69, 9.17) is 0 Å². The molecule has 0 spiro atoms. The van der Waals surface area contributed by atoms with Gasteiger partial charge in [-0.25, -0.2) is 0 Å². The van der Waals surface area contributed by atoms with Crippen LogP contribution in [-0.2, 0) is 5.92 Å². The smallest absolute Gasteiger partial charge is 0.287 e. The lowest BCUT2D eigenvalue weighted by Gasteiger charge is -2.23. The molecule has 0 saturated heterocycles. The molecular formula is C10H12BrF2N. The summed E-state index contributed by atoms with van der Waals surface area (Å²) in [6.07, 6.45) is 0. The van der Waals surface area contributed by atoms with Gasteiger partial charge < -0.3 is 5.32 Å². The molecule has 4 heteroatoms. The highest BCUT2D eigenvalue weighted by molar-refractivity contribution is 9.10.